The van der Waals surface area contributed by atoms with Gasteiger partial charge in [-0.2, -0.15) is 0 Å². The predicted molar refractivity (Wildman–Crippen MR) is 80.3 cm³/mol. The Hall–Kier alpha value is -1.60. The van der Waals surface area contributed by atoms with E-state index in [1.54, 1.807) is 4.57 Å². The SMILES string of the molecule is CCCn1c(SCc2cc(Cl)c3c(c2)OCO3)n[nH]c1=O. The van der Waals surface area contributed by atoms with Crippen molar-refractivity contribution < 1.29 is 9.47 Å². The third-order valence-electron chi connectivity index (χ3n) is 3.03. The van der Waals surface area contributed by atoms with Gasteiger partial charge in [0, 0.05) is 12.3 Å². The van der Waals surface area contributed by atoms with E-state index in [2.05, 4.69) is 10.2 Å². The molecule has 1 aliphatic rings. The number of hydrogen-bond donors (Lipinski definition) is 1. The van der Waals surface area contributed by atoms with E-state index < -0.39 is 0 Å². The standard InChI is InChI=1S/C13H14ClN3O3S/c1-2-3-17-12(18)15-16-13(17)21-6-8-4-9(14)11-10(5-8)19-7-20-11/h4-5H,2-3,6-7H2,1H3,(H,15,18). The largest absolute Gasteiger partial charge is 0.454 e. The lowest BCUT2D eigenvalue weighted by Gasteiger charge is -2.06. The molecule has 112 valence electrons. The van der Waals surface area contributed by atoms with E-state index in [1.165, 1.54) is 11.8 Å². The number of H-pyrrole nitrogens is 1. The molecule has 2 heterocycles. The topological polar surface area (TPSA) is 69.1 Å². The van der Waals surface area contributed by atoms with Crippen LogP contribution < -0.4 is 15.2 Å². The number of hydrogen-bond acceptors (Lipinski definition) is 5. The minimum atomic E-state index is -0.178. The second-order valence-electron chi connectivity index (χ2n) is 4.56. The molecule has 21 heavy (non-hydrogen) atoms. The molecule has 1 aliphatic heterocycles. The zero-order valence-electron chi connectivity index (χ0n) is 11.4. The van der Waals surface area contributed by atoms with Crippen LogP contribution in [0.15, 0.2) is 22.1 Å². The highest BCUT2D eigenvalue weighted by Gasteiger charge is 2.18. The van der Waals surface area contributed by atoms with Crippen LogP contribution in [0.3, 0.4) is 0 Å². The lowest BCUT2D eigenvalue weighted by Crippen LogP contribution is -2.17. The van der Waals surface area contributed by atoms with Crippen molar-refractivity contribution >= 4 is 23.4 Å². The highest BCUT2D eigenvalue weighted by atomic mass is 35.5. The van der Waals surface area contributed by atoms with Crippen molar-refractivity contribution in [2.24, 2.45) is 0 Å². The third-order valence-corrected chi connectivity index (χ3v) is 4.35. The summed E-state index contributed by atoms with van der Waals surface area (Å²) in [5, 5.41) is 7.73. The van der Waals surface area contributed by atoms with Crippen molar-refractivity contribution in [3.63, 3.8) is 0 Å². The van der Waals surface area contributed by atoms with Gasteiger partial charge in [0.1, 0.15) is 0 Å². The Kier molecular flexibility index (Phi) is 4.12. The van der Waals surface area contributed by atoms with Crippen LogP contribution in [0.5, 0.6) is 11.5 Å². The summed E-state index contributed by atoms with van der Waals surface area (Å²) in [7, 11) is 0. The third kappa shape index (κ3) is 2.89. The van der Waals surface area contributed by atoms with Crippen molar-refractivity contribution in [2.75, 3.05) is 6.79 Å². The minimum Gasteiger partial charge on any atom is -0.454 e. The van der Waals surface area contributed by atoms with Crippen molar-refractivity contribution in [2.45, 2.75) is 30.8 Å². The highest BCUT2D eigenvalue weighted by molar-refractivity contribution is 7.98. The minimum absolute atomic E-state index is 0.178. The van der Waals surface area contributed by atoms with Gasteiger partial charge in [-0.1, -0.05) is 30.3 Å². The second kappa shape index (κ2) is 6.03. The molecule has 1 aromatic heterocycles. The number of nitrogens with zero attached hydrogens (tertiary/aromatic N) is 2. The van der Waals surface area contributed by atoms with Crippen LogP contribution in [0.1, 0.15) is 18.9 Å². The molecular formula is C13H14ClN3O3S. The van der Waals surface area contributed by atoms with E-state index >= 15 is 0 Å². The molecule has 0 aliphatic carbocycles. The van der Waals surface area contributed by atoms with Crippen molar-refractivity contribution in [3.05, 3.63) is 33.2 Å². The summed E-state index contributed by atoms with van der Waals surface area (Å²) in [6.45, 7) is 2.87. The Morgan fingerprint density at radius 2 is 2.33 bits per heavy atom. The fraction of sp³-hybridized carbons (Fsp3) is 0.385. The molecule has 0 radical (unpaired) electrons. The Bertz CT molecular complexity index is 713. The van der Waals surface area contributed by atoms with Crippen molar-refractivity contribution in [3.8, 4) is 11.5 Å². The number of ether oxygens (including phenoxy) is 2. The molecular weight excluding hydrogens is 314 g/mol. The van der Waals surface area contributed by atoms with E-state index in [4.69, 9.17) is 21.1 Å². The first kappa shape index (κ1) is 14.3. The molecule has 1 N–H and O–H groups in total. The van der Waals surface area contributed by atoms with E-state index in [9.17, 15) is 4.79 Å². The van der Waals surface area contributed by atoms with Gasteiger partial charge in [-0.05, 0) is 24.1 Å². The summed E-state index contributed by atoms with van der Waals surface area (Å²) < 4.78 is 12.3. The van der Waals surface area contributed by atoms with Crippen molar-refractivity contribution in [1.82, 2.24) is 14.8 Å². The van der Waals surface area contributed by atoms with E-state index in [-0.39, 0.29) is 12.5 Å². The number of aromatic amines is 1. The fourth-order valence-electron chi connectivity index (χ4n) is 2.09. The van der Waals surface area contributed by atoms with Gasteiger partial charge in [0.05, 0.1) is 5.02 Å². The van der Waals surface area contributed by atoms with E-state index in [0.29, 0.717) is 34.0 Å². The number of rotatable bonds is 5. The molecule has 6 nitrogen and oxygen atoms in total. The lowest BCUT2D eigenvalue weighted by atomic mass is 10.2. The maximum atomic E-state index is 11.6. The number of aromatic nitrogens is 3. The first-order valence-corrected chi connectivity index (χ1v) is 7.91. The lowest BCUT2D eigenvalue weighted by molar-refractivity contribution is 0.174. The van der Waals surface area contributed by atoms with Gasteiger partial charge in [-0.25, -0.2) is 9.89 Å². The number of benzene rings is 1. The summed E-state index contributed by atoms with van der Waals surface area (Å²) in [5.74, 6) is 1.89. The van der Waals surface area contributed by atoms with Gasteiger partial charge in [0.2, 0.25) is 6.79 Å². The van der Waals surface area contributed by atoms with Gasteiger partial charge in [0.15, 0.2) is 16.7 Å². The van der Waals surface area contributed by atoms with Gasteiger partial charge in [-0.15, -0.1) is 5.10 Å². The Balaban J connectivity index is 1.77. The summed E-state index contributed by atoms with van der Waals surface area (Å²) in [5.41, 5.74) is 0.816. The molecule has 1 aromatic carbocycles. The Labute approximate surface area is 130 Å². The maximum Gasteiger partial charge on any atom is 0.343 e. The number of fused-ring (bicyclic) bond motifs is 1. The smallest absolute Gasteiger partial charge is 0.343 e. The van der Waals surface area contributed by atoms with E-state index in [0.717, 1.165) is 12.0 Å². The van der Waals surface area contributed by atoms with Gasteiger partial charge < -0.3 is 9.47 Å². The van der Waals surface area contributed by atoms with Crippen LogP contribution in [-0.4, -0.2) is 21.6 Å². The molecule has 0 amide bonds. The number of nitrogens with one attached hydrogen (secondary N) is 1. The molecule has 0 unspecified atom stereocenters. The van der Waals surface area contributed by atoms with Crippen LogP contribution in [0.4, 0.5) is 0 Å². The van der Waals surface area contributed by atoms with Crippen LogP contribution >= 0.6 is 23.4 Å². The van der Waals surface area contributed by atoms with Crippen LogP contribution in [0.25, 0.3) is 0 Å². The maximum absolute atomic E-state index is 11.6. The molecule has 0 atom stereocenters. The Morgan fingerprint density at radius 1 is 1.48 bits per heavy atom. The summed E-state index contributed by atoms with van der Waals surface area (Å²) in [6, 6.07) is 3.74. The molecule has 0 saturated heterocycles. The van der Waals surface area contributed by atoms with Crippen molar-refractivity contribution in [1.29, 1.82) is 0 Å². The first-order chi connectivity index (χ1) is 10.2. The summed E-state index contributed by atoms with van der Waals surface area (Å²) in [6.07, 6.45) is 0.878. The Morgan fingerprint density at radius 3 is 3.14 bits per heavy atom. The number of halogens is 1. The fourth-order valence-corrected chi connectivity index (χ4v) is 3.28. The van der Waals surface area contributed by atoms with Gasteiger partial charge in [0.25, 0.3) is 0 Å². The molecule has 0 bridgehead atoms. The average Bonchev–Trinajstić information content (AvgIpc) is 3.06. The zero-order valence-corrected chi connectivity index (χ0v) is 13.0. The van der Waals surface area contributed by atoms with Crippen LogP contribution in [-0.2, 0) is 12.3 Å². The van der Waals surface area contributed by atoms with Gasteiger partial charge in [-0.3, -0.25) is 4.57 Å². The quantitative estimate of drug-likeness (QED) is 0.855. The number of thioether (sulfide) groups is 1. The van der Waals surface area contributed by atoms with Crippen LogP contribution in [0.2, 0.25) is 5.02 Å². The monoisotopic (exact) mass is 327 g/mol. The molecule has 8 heteroatoms. The zero-order chi connectivity index (χ0) is 14.8. The average molecular weight is 328 g/mol. The van der Waals surface area contributed by atoms with Crippen LogP contribution in [0, 0.1) is 0 Å². The summed E-state index contributed by atoms with van der Waals surface area (Å²) in [4.78, 5) is 11.6. The molecule has 0 saturated carbocycles. The normalized spacial score (nSPS) is 12.9. The molecule has 2 aromatic rings. The molecule has 0 fully saturated rings. The predicted octanol–water partition coefficient (Wildman–Crippen LogP) is 2.66. The second-order valence-corrected chi connectivity index (χ2v) is 5.91. The highest BCUT2D eigenvalue weighted by Crippen LogP contribution is 2.40. The summed E-state index contributed by atoms with van der Waals surface area (Å²) >= 11 is 7.63. The van der Waals surface area contributed by atoms with E-state index in [1.807, 2.05) is 19.1 Å². The molecule has 0 spiro atoms. The molecule has 3 rings (SSSR count). The first-order valence-electron chi connectivity index (χ1n) is 6.55. The van der Waals surface area contributed by atoms with Gasteiger partial charge >= 0.3 is 5.69 Å².